The van der Waals surface area contributed by atoms with E-state index in [1.165, 1.54) is 4.90 Å². The number of aliphatic hydroxyl groups excluding tert-OH is 2. The summed E-state index contributed by atoms with van der Waals surface area (Å²) in [6.45, 7) is 2.10. The summed E-state index contributed by atoms with van der Waals surface area (Å²) in [7, 11) is 6.90. The Labute approximate surface area is 238 Å². The Kier molecular flexibility index (Phi) is 6.90. The Balaban J connectivity index is 1.78. The number of hydrogen-bond acceptors (Lipinski definition) is 9. The topological polar surface area (TPSA) is 165 Å². The number of anilines is 1. The summed E-state index contributed by atoms with van der Waals surface area (Å²) in [5, 5.41) is 47.4. The zero-order valence-corrected chi connectivity index (χ0v) is 24.0. The molecule has 2 aromatic carbocycles. The van der Waals surface area contributed by atoms with E-state index < -0.39 is 58.0 Å². The smallest absolute Gasteiger partial charge is 0.255 e. The molecule has 10 nitrogen and oxygen atoms in total. The highest BCUT2D eigenvalue weighted by Gasteiger charge is 2.64. The Morgan fingerprint density at radius 1 is 1.10 bits per heavy atom. The molecule has 0 heterocycles. The van der Waals surface area contributed by atoms with Crippen molar-refractivity contribution in [3.63, 3.8) is 0 Å². The number of amides is 1. The summed E-state index contributed by atoms with van der Waals surface area (Å²) in [6, 6.07) is 4.78. The largest absolute Gasteiger partial charge is 0.508 e. The third-order valence-corrected chi connectivity index (χ3v) is 9.00. The molecule has 0 unspecified atom stereocenters. The molecule has 2 aromatic rings. The van der Waals surface area contributed by atoms with Gasteiger partial charge in [-0.15, -0.1) is 0 Å². The maximum Gasteiger partial charge on any atom is 0.255 e. The zero-order chi connectivity index (χ0) is 30.1. The number of primary amides is 1. The molecule has 10 heteroatoms. The maximum absolute atomic E-state index is 14.1. The third-order valence-electron chi connectivity index (χ3n) is 9.00. The number of likely N-dealkylation sites (N-methyl/N-ethyl adjacent to an activating group) is 1. The number of phenolic OH excluding ortho intramolecular Hbond substituents is 1. The molecule has 1 fully saturated rings. The number of unbranched alkanes of at least 4 members (excludes halogenated alkanes) is 1. The minimum absolute atomic E-state index is 0.0490. The van der Waals surface area contributed by atoms with E-state index in [9.17, 15) is 34.8 Å². The van der Waals surface area contributed by atoms with Crippen LogP contribution in [0.2, 0.25) is 0 Å². The highest BCUT2D eigenvalue weighted by atomic mass is 16.3. The molecule has 0 aliphatic heterocycles. The van der Waals surface area contributed by atoms with Crippen LogP contribution < -0.4 is 10.6 Å². The lowest BCUT2D eigenvalue weighted by molar-refractivity contribution is -0.153. The summed E-state index contributed by atoms with van der Waals surface area (Å²) in [4.78, 5) is 43.0. The van der Waals surface area contributed by atoms with Crippen LogP contribution in [0, 0.1) is 11.8 Å². The molecule has 218 valence electrons. The molecule has 4 atom stereocenters. The van der Waals surface area contributed by atoms with Gasteiger partial charge in [-0.2, -0.15) is 0 Å². The van der Waals surface area contributed by atoms with Gasteiger partial charge in [0.05, 0.1) is 11.6 Å². The Morgan fingerprint density at radius 2 is 1.78 bits per heavy atom. The zero-order valence-electron chi connectivity index (χ0n) is 24.0. The van der Waals surface area contributed by atoms with Crippen LogP contribution in [-0.2, 0) is 27.2 Å². The number of hydrogen-bond donors (Lipinski definition) is 5. The van der Waals surface area contributed by atoms with Crippen molar-refractivity contribution in [2.75, 3.05) is 33.1 Å². The van der Waals surface area contributed by atoms with E-state index in [0.717, 1.165) is 35.9 Å². The van der Waals surface area contributed by atoms with E-state index in [4.69, 9.17) is 5.73 Å². The minimum Gasteiger partial charge on any atom is -0.508 e. The number of fused-ring (bicyclic) bond motifs is 4. The first kappa shape index (κ1) is 28.6. The first-order chi connectivity index (χ1) is 19.3. The number of Topliss-reactive ketones (excluding diaryl/α,β-unsaturated/α-hetero) is 2. The van der Waals surface area contributed by atoms with Crippen LogP contribution in [0.1, 0.15) is 42.9 Å². The molecular weight excluding hydrogens is 526 g/mol. The lowest BCUT2D eigenvalue weighted by Crippen LogP contribution is -2.65. The Bertz CT molecular complexity index is 1570. The van der Waals surface area contributed by atoms with Gasteiger partial charge >= 0.3 is 0 Å². The number of carbonyl (C=O) groups excluding carboxylic acids is 3. The minimum atomic E-state index is -2.66. The summed E-state index contributed by atoms with van der Waals surface area (Å²) < 4.78 is 0. The number of aryl methyl sites for hydroxylation is 1. The fourth-order valence-corrected chi connectivity index (χ4v) is 7.19. The lowest BCUT2D eigenvalue weighted by Gasteiger charge is -2.50. The normalized spacial score (nSPS) is 25.9. The Hall–Kier alpha value is -3.89. The van der Waals surface area contributed by atoms with Gasteiger partial charge in [-0.05, 0) is 62.9 Å². The number of nitrogens with two attached hydrogens (primary N) is 1. The standard InChI is InChI=1S/C31H37N3O7/c1-6-7-8-14-9-10-16-17(11-14)25(35)21-18(23(16)33(2)3)12-15-13-19-24(34(4)5)27(37)22(30(32)40)29(39)31(19,41)28(38)20(15)26(21)36/h9-11,15,19,24,35-36,39,41H,6-8,12-13H2,1-5H3,(H2,32,40)/t15-,19-,24-,31-/m0/s1. The molecule has 0 radical (unpaired) electrons. The number of benzene rings is 2. The van der Waals surface area contributed by atoms with Crippen LogP contribution in [0.3, 0.4) is 0 Å². The molecule has 3 aliphatic rings. The number of carbonyl (C=O) groups is 3. The van der Waals surface area contributed by atoms with Gasteiger partial charge < -0.3 is 31.1 Å². The Morgan fingerprint density at radius 3 is 2.37 bits per heavy atom. The first-order valence-corrected chi connectivity index (χ1v) is 13.9. The number of rotatable bonds is 6. The van der Waals surface area contributed by atoms with E-state index in [1.54, 1.807) is 14.1 Å². The summed E-state index contributed by atoms with van der Waals surface area (Å²) in [5.74, 6) is -6.53. The molecule has 41 heavy (non-hydrogen) atoms. The predicted octanol–water partition coefficient (Wildman–Crippen LogP) is 2.53. The van der Waals surface area contributed by atoms with Crippen molar-refractivity contribution in [1.82, 2.24) is 4.90 Å². The van der Waals surface area contributed by atoms with Crippen molar-refractivity contribution in [3.8, 4) is 5.75 Å². The molecule has 1 amide bonds. The molecule has 0 aromatic heterocycles. The van der Waals surface area contributed by atoms with Crippen LogP contribution in [0.5, 0.6) is 5.75 Å². The number of phenols is 1. The summed E-state index contributed by atoms with van der Waals surface area (Å²) in [6.07, 6.45) is 3.10. The van der Waals surface area contributed by atoms with E-state index in [-0.39, 0.29) is 29.7 Å². The van der Waals surface area contributed by atoms with Gasteiger partial charge in [0.15, 0.2) is 11.4 Å². The second-order valence-electron chi connectivity index (χ2n) is 11.9. The van der Waals surface area contributed by atoms with Gasteiger partial charge in [0.25, 0.3) is 5.91 Å². The number of aliphatic hydroxyl groups is 3. The van der Waals surface area contributed by atoms with Gasteiger partial charge in [0, 0.05) is 42.0 Å². The molecule has 6 N–H and O–H groups in total. The van der Waals surface area contributed by atoms with Crippen LogP contribution in [0.4, 0.5) is 5.69 Å². The van der Waals surface area contributed by atoms with Gasteiger partial charge in [-0.3, -0.25) is 19.3 Å². The van der Waals surface area contributed by atoms with E-state index >= 15 is 0 Å². The number of ketones is 2. The van der Waals surface area contributed by atoms with Crippen molar-refractivity contribution in [2.45, 2.75) is 50.7 Å². The fraction of sp³-hybridized carbons (Fsp3) is 0.452. The molecule has 3 aliphatic carbocycles. The highest BCUT2D eigenvalue weighted by molar-refractivity contribution is 6.24. The molecule has 1 saturated carbocycles. The van der Waals surface area contributed by atoms with Gasteiger partial charge in [-0.1, -0.05) is 25.5 Å². The van der Waals surface area contributed by atoms with Crippen molar-refractivity contribution >= 4 is 39.7 Å². The summed E-state index contributed by atoms with van der Waals surface area (Å²) >= 11 is 0. The number of aromatic hydroxyl groups is 1. The lowest BCUT2D eigenvalue weighted by atomic mass is 9.57. The predicted molar refractivity (Wildman–Crippen MR) is 155 cm³/mol. The van der Waals surface area contributed by atoms with Gasteiger partial charge in [0.1, 0.15) is 22.8 Å². The van der Waals surface area contributed by atoms with Gasteiger partial charge in [-0.25, -0.2) is 0 Å². The average molecular weight is 564 g/mol. The second-order valence-corrected chi connectivity index (χ2v) is 11.9. The third kappa shape index (κ3) is 3.95. The van der Waals surface area contributed by atoms with Crippen molar-refractivity contribution < 1.29 is 34.8 Å². The van der Waals surface area contributed by atoms with E-state index in [0.29, 0.717) is 10.9 Å². The fourth-order valence-electron chi connectivity index (χ4n) is 7.19. The van der Waals surface area contributed by atoms with Crippen molar-refractivity contribution in [3.05, 3.63) is 51.8 Å². The van der Waals surface area contributed by atoms with Crippen LogP contribution >= 0.6 is 0 Å². The number of nitrogens with zero attached hydrogens (tertiary/aromatic N) is 2. The molecular formula is C31H37N3O7. The first-order valence-electron chi connectivity index (χ1n) is 13.9. The quantitative estimate of drug-likeness (QED) is 0.332. The maximum atomic E-state index is 14.1. The molecule has 5 rings (SSSR count). The van der Waals surface area contributed by atoms with E-state index in [2.05, 4.69) is 6.92 Å². The molecule has 0 saturated heterocycles. The molecule has 0 bridgehead atoms. The molecule has 0 spiro atoms. The SMILES string of the molecule is CCCCc1ccc2c(N(C)C)c3c(c(O)c2c1)C(O)=C1C(=O)[C@]2(O)C(O)=C(C(N)=O)C(=O)[C@@H](N(C)C)[C@@H]2C[C@@H]1C3. The van der Waals surface area contributed by atoms with Crippen LogP contribution in [0.15, 0.2) is 35.1 Å². The second kappa shape index (κ2) is 9.88. The highest BCUT2D eigenvalue weighted by Crippen LogP contribution is 2.55. The van der Waals surface area contributed by atoms with Crippen molar-refractivity contribution in [2.24, 2.45) is 17.6 Å². The van der Waals surface area contributed by atoms with E-state index in [1.807, 2.05) is 37.2 Å². The van der Waals surface area contributed by atoms with Crippen LogP contribution in [-0.4, -0.2) is 82.6 Å². The van der Waals surface area contributed by atoms with Gasteiger partial charge in [0.2, 0.25) is 5.78 Å². The van der Waals surface area contributed by atoms with Crippen molar-refractivity contribution in [1.29, 1.82) is 0 Å². The summed E-state index contributed by atoms with van der Waals surface area (Å²) in [5.41, 5.74) is 4.33. The average Bonchev–Trinajstić information content (AvgIpc) is 2.89. The van der Waals surface area contributed by atoms with Crippen LogP contribution in [0.25, 0.3) is 16.5 Å². The monoisotopic (exact) mass is 563 g/mol.